The number of hydrogen-bond donors (Lipinski definition) is 0. The summed E-state index contributed by atoms with van der Waals surface area (Å²) in [7, 11) is 5.16. The molecule has 0 bridgehead atoms. The predicted octanol–water partition coefficient (Wildman–Crippen LogP) is 3.26. The number of piperidine rings is 1. The molecule has 4 heterocycles. The van der Waals surface area contributed by atoms with Crippen LogP contribution in [0.1, 0.15) is 35.1 Å². The number of rotatable bonds is 4. The molecule has 1 saturated heterocycles. The van der Waals surface area contributed by atoms with E-state index in [1.165, 1.54) is 0 Å². The minimum Gasteiger partial charge on any atom is -0.496 e. The van der Waals surface area contributed by atoms with Crippen LogP contribution in [0.25, 0.3) is 16.6 Å². The van der Waals surface area contributed by atoms with E-state index in [1.54, 1.807) is 14.2 Å². The summed E-state index contributed by atoms with van der Waals surface area (Å²) in [4.78, 5) is 15.5. The number of carbonyl (C=O) groups is 1. The van der Waals surface area contributed by atoms with Gasteiger partial charge in [-0.05, 0) is 43.2 Å². The second kappa shape index (κ2) is 7.61. The van der Waals surface area contributed by atoms with Gasteiger partial charge in [-0.1, -0.05) is 6.07 Å². The molecule has 31 heavy (non-hydrogen) atoms. The van der Waals surface area contributed by atoms with E-state index in [4.69, 9.17) is 9.47 Å². The van der Waals surface area contributed by atoms with Crippen molar-refractivity contribution in [1.82, 2.24) is 24.1 Å². The number of aromatic nitrogens is 4. The Hall–Kier alpha value is -3.55. The molecule has 1 aliphatic rings. The van der Waals surface area contributed by atoms with Gasteiger partial charge in [-0.15, -0.1) is 10.2 Å². The minimum absolute atomic E-state index is 0.00123. The third kappa shape index (κ3) is 3.10. The number of likely N-dealkylation sites (tertiary alicyclic amines) is 1. The standard InChI is InChI=1S/C23H25N5O3/c1-26-17(13-16-18(30-2)9-10-19(31-3)21(16)26)23(29)27-11-6-7-15(14-27)22-25-24-20-8-4-5-12-28(20)22/h4-5,8-10,12-13,15H,6-7,11,14H2,1-3H3/t15-/m1/s1. The van der Waals surface area contributed by atoms with E-state index in [0.29, 0.717) is 18.0 Å². The Morgan fingerprint density at radius 3 is 2.71 bits per heavy atom. The molecule has 1 fully saturated rings. The molecule has 0 radical (unpaired) electrons. The SMILES string of the molecule is COc1ccc(OC)c2c1cc(C(=O)N1CCC[C@@H](c3nnc4ccccn34)C1)n2C. The van der Waals surface area contributed by atoms with Crippen LogP contribution in [-0.2, 0) is 7.05 Å². The average Bonchev–Trinajstić information content (AvgIpc) is 3.40. The van der Waals surface area contributed by atoms with Crippen molar-refractivity contribution in [2.75, 3.05) is 27.3 Å². The summed E-state index contributed by atoms with van der Waals surface area (Å²) < 4.78 is 15.0. The highest BCUT2D eigenvalue weighted by atomic mass is 16.5. The van der Waals surface area contributed by atoms with Crippen LogP contribution in [0.4, 0.5) is 0 Å². The van der Waals surface area contributed by atoms with Crippen molar-refractivity contribution in [3.8, 4) is 11.5 Å². The Morgan fingerprint density at radius 1 is 1.10 bits per heavy atom. The van der Waals surface area contributed by atoms with Crippen molar-refractivity contribution in [2.45, 2.75) is 18.8 Å². The van der Waals surface area contributed by atoms with Gasteiger partial charge in [0, 0.05) is 37.6 Å². The van der Waals surface area contributed by atoms with E-state index >= 15 is 0 Å². The molecular formula is C23H25N5O3. The lowest BCUT2D eigenvalue weighted by Gasteiger charge is -2.32. The Bertz CT molecular complexity index is 1280. The van der Waals surface area contributed by atoms with Crippen LogP contribution >= 0.6 is 0 Å². The smallest absolute Gasteiger partial charge is 0.270 e. The maximum Gasteiger partial charge on any atom is 0.270 e. The van der Waals surface area contributed by atoms with Crippen LogP contribution in [0.15, 0.2) is 42.6 Å². The zero-order valence-corrected chi connectivity index (χ0v) is 17.9. The number of benzene rings is 1. The van der Waals surface area contributed by atoms with Crippen LogP contribution in [0.2, 0.25) is 0 Å². The second-order valence-corrected chi connectivity index (χ2v) is 7.90. The fraction of sp³-hybridized carbons (Fsp3) is 0.348. The summed E-state index contributed by atoms with van der Waals surface area (Å²) in [5.74, 6) is 2.49. The number of pyridine rings is 1. The number of carbonyl (C=O) groups excluding carboxylic acids is 1. The fourth-order valence-electron chi connectivity index (χ4n) is 4.63. The van der Waals surface area contributed by atoms with Gasteiger partial charge in [0.2, 0.25) is 0 Å². The Kier molecular flexibility index (Phi) is 4.77. The van der Waals surface area contributed by atoms with Crippen LogP contribution in [-0.4, -0.2) is 57.3 Å². The number of nitrogens with zero attached hydrogens (tertiary/aromatic N) is 5. The number of ether oxygens (including phenoxy) is 2. The van der Waals surface area contributed by atoms with Gasteiger partial charge >= 0.3 is 0 Å². The average molecular weight is 419 g/mol. The molecule has 1 atom stereocenters. The monoisotopic (exact) mass is 419 g/mol. The number of methoxy groups -OCH3 is 2. The maximum atomic E-state index is 13.5. The largest absolute Gasteiger partial charge is 0.496 e. The molecule has 8 heteroatoms. The Morgan fingerprint density at radius 2 is 1.90 bits per heavy atom. The molecule has 1 aliphatic heterocycles. The number of aryl methyl sites for hydroxylation is 1. The van der Waals surface area contributed by atoms with E-state index in [0.717, 1.165) is 47.5 Å². The fourth-order valence-corrected chi connectivity index (χ4v) is 4.63. The van der Waals surface area contributed by atoms with Crippen LogP contribution in [0, 0.1) is 0 Å². The lowest BCUT2D eigenvalue weighted by atomic mass is 9.97. The minimum atomic E-state index is 0.00123. The van der Waals surface area contributed by atoms with E-state index in [-0.39, 0.29) is 11.8 Å². The first kappa shape index (κ1) is 19.4. The molecule has 1 aromatic carbocycles. The van der Waals surface area contributed by atoms with Crippen molar-refractivity contribution < 1.29 is 14.3 Å². The molecule has 0 aliphatic carbocycles. The van der Waals surface area contributed by atoms with Gasteiger partial charge in [0.15, 0.2) is 5.65 Å². The van der Waals surface area contributed by atoms with E-state index in [9.17, 15) is 4.79 Å². The topological polar surface area (TPSA) is 73.9 Å². The van der Waals surface area contributed by atoms with Gasteiger partial charge in [0.25, 0.3) is 5.91 Å². The summed E-state index contributed by atoms with van der Waals surface area (Å²) in [6.07, 6.45) is 3.89. The van der Waals surface area contributed by atoms with Crippen molar-refractivity contribution in [2.24, 2.45) is 7.05 Å². The molecule has 5 rings (SSSR count). The molecule has 0 unspecified atom stereocenters. The number of amides is 1. The van der Waals surface area contributed by atoms with Crippen molar-refractivity contribution in [3.05, 3.63) is 54.1 Å². The Balaban J connectivity index is 1.49. The van der Waals surface area contributed by atoms with Gasteiger partial charge in [0.05, 0.1) is 19.7 Å². The van der Waals surface area contributed by atoms with Crippen LogP contribution in [0.3, 0.4) is 0 Å². The summed E-state index contributed by atoms with van der Waals surface area (Å²) in [5, 5.41) is 9.57. The second-order valence-electron chi connectivity index (χ2n) is 7.90. The Labute approximate surface area is 180 Å². The van der Waals surface area contributed by atoms with E-state index < -0.39 is 0 Å². The molecule has 160 valence electrons. The van der Waals surface area contributed by atoms with Crippen molar-refractivity contribution >= 4 is 22.5 Å². The zero-order valence-electron chi connectivity index (χ0n) is 17.9. The highest BCUT2D eigenvalue weighted by molar-refractivity contribution is 6.02. The molecule has 0 spiro atoms. The maximum absolute atomic E-state index is 13.5. The van der Waals surface area contributed by atoms with Gasteiger partial charge in [-0.25, -0.2) is 0 Å². The predicted molar refractivity (Wildman–Crippen MR) is 117 cm³/mol. The zero-order chi connectivity index (χ0) is 21.5. The lowest BCUT2D eigenvalue weighted by molar-refractivity contribution is 0.0695. The van der Waals surface area contributed by atoms with E-state index in [1.807, 2.05) is 63.5 Å². The molecular weight excluding hydrogens is 394 g/mol. The number of hydrogen-bond acceptors (Lipinski definition) is 5. The molecule has 0 saturated carbocycles. The van der Waals surface area contributed by atoms with Crippen LogP contribution in [0.5, 0.6) is 11.5 Å². The lowest BCUT2D eigenvalue weighted by Crippen LogP contribution is -2.40. The normalized spacial score (nSPS) is 16.7. The quantitative estimate of drug-likeness (QED) is 0.508. The van der Waals surface area contributed by atoms with Gasteiger partial charge in [-0.2, -0.15) is 0 Å². The van der Waals surface area contributed by atoms with Crippen LogP contribution < -0.4 is 9.47 Å². The summed E-state index contributed by atoms with van der Waals surface area (Å²) in [6.45, 7) is 1.34. The van der Waals surface area contributed by atoms with Gasteiger partial charge in [-0.3, -0.25) is 9.20 Å². The molecule has 3 aromatic heterocycles. The molecule has 1 amide bonds. The van der Waals surface area contributed by atoms with E-state index in [2.05, 4.69) is 10.2 Å². The van der Waals surface area contributed by atoms with Gasteiger partial charge in [0.1, 0.15) is 23.0 Å². The summed E-state index contributed by atoms with van der Waals surface area (Å²) >= 11 is 0. The third-order valence-electron chi connectivity index (χ3n) is 6.19. The van der Waals surface area contributed by atoms with Crippen molar-refractivity contribution in [3.63, 3.8) is 0 Å². The van der Waals surface area contributed by atoms with Gasteiger partial charge < -0.3 is 18.9 Å². The third-order valence-corrected chi connectivity index (χ3v) is 6.19. The molecule has 8 nitrogen and oxygen atoms in total. The summed E-state index contributed by atoms with van der Waals surface area (Å²) in [6, 6.07) is 11.5. The highest BCUT2D eigenvalue weighted by Crippen LogP contribution is 2.36. The first-order chi connectivity index (χ1) is 15.1. The number of fused-ring (bicyclic) bond motifs is 2. The highest BCUT2D eigenvalue weighted by Gasteiger charge is 2.30. The molecule has 4 aromatic rings. The summed E-state index contributed by atoms with van der Waals surface area (Å²) in [5.41, 5.74) is 2.29. The first-order valence-corrected chi connectivity index (χ1v) is 10.4. The first-order valence-electron chi connectivity index (χ1n) is 10.4. The van der Waals surface area contributed by atoms with Crippen molar-refractivity contribution in [1.29, 1.82) is 0 Å². The molecule has 0 N–H and O–H groups in total.